The Labute approximate surface area is 215 Å². The van der Waals surface area contributed by atoms with Gasteiger partial charge in [-0.2, -0.15) is 0 Å². The van der Waals surface area contributed by atoms with Gasteiger partial charge in [0.2, 0.25) is 0 Å². The number of benzene rings is 2. The molecule has 35 heavy (non-hydrogen) atoms. The Morgan fingerprint density at radius 1 is 1.14 bits per heavy atom. The van der Waals surface area contributed by atoms with Gasteiger partial charge in [-0.15, -0.1) is 19.8 Å². The van der Waals surface area contributed by atoms with Crippen LogP contribution in [0.3, 0.4) is 0 Å². The molecular formula is C23H21Cl3F3N3O3. The zero-order valence-corrected chi connectivity index (χ0v) is 20.7. The molecule has 1 saturated carbocycles. The van der Waals surface area contributed by atoms with Crippen molar-refractivity contribution in [2.24, 2.45) is 0 Å². The summed E-state index contributed by atoms with van der Waals surface area (Å²) in [4.78, 5) is 28.9. The smallest absolute Gasteiger partial charge is 0.406 e. The maximum atomic E-state index is 13.1. The fourth-order valence-electron chi connectivity index (χ4n) is 3.61. The van der Waals surface area contributed by atoms with Crippen LogP contribution in [0, 0.1) is 0 Å². The zero-order chi connectivity index (χ0) is 25.9. The molecule has 1 fully saturated rings. The highest BCUT2D eigenvalue weighted by Crippen LogP contribution is 2.38. The second-order valence-corrected chi connectivity index (χ2v) is 9.10. The topological polar surface area (TPSA) is 61.9 Å². The maximum Gasteiger partial charge on any atom is 0.573 e. The first-order valence-corrected chi connectivity index (χ1v) is 11.5. The number of hydrogen-bond acceptors (Lipinski definition) is 4. The lowest BCUT2D eigenvalue weighted by molar-refractivity contribution is -0.274. The number of urea groups is 1. The number of Topliss-reactive ketones (excluding diaryl/α,β-unsaturated/α-hetero) is 1. The molecule has 0 radical (unpaired) electrons. The van der Waals surface area contributed by atoms with Crippen molar-refractivity contribution in [2.75, 3.05) is 18.9 Å². The van der Waals surface area contributed by atoms with Gasteiger partial charge in [0, 0.05) is 30.2 Å². The third kappa shape index (κ3) is 7.04. The van der Waals surface area contributed by atoms with Gasteiger partial charge in [0.05, 0.1) is 21.8 Å². The SMILES string of the molecule is C=CCCN(C(=O)Nc1c(Cl)cc(OC(F)(F)F)cc1Cl)[C@@H]1C(=O)[C@H]1N(C)Cc1ccc(Cl)cc1. The minimum atomic E-state index is -4.93. The number of ether oxygens (including phenoxy) is 1. The number of amides is 2. The predicted molar refractivity (Wildman–Crippen MR) is 129 cm³/mol. The van der Waals surface area contributed by atoms with Crippen molar-refractivity contribution >= 4 is 52.3 Å². The lowest BCUT2D eigenvalue weighted by Gasteiger charge is -2.24. The molecule has 1 aliphatic carbocycles. The number of nitrogens with one attached hydrogen (secondary N) is 1. The molecule has 0 unspecified atom stereocenters. The molecular weight excluding hydrogens is 530 g/mol. The summed E-state index contributed by atoms with van der Waals surface area (Å²) in [6.07, 6.45) is -2.92. The average molecular weight is 551 g/mol. The molecule has 1 aliphatic rings. The van der Waals surface area contributed by atoms with Gasteiger partial charge in [0.25, 0.3) is 0 Å². The van der Waals surface area contributed by atoms with E-state index in [1.807, 2.05) is 17.0 Å². The lowest BCUT2D eigenvalue weighted by Crippen LogP contribution is -2.41. The van der Waals surface area contributed by atoms with Crippen molar-refractivity contribution in [2.45, 2.75) is 31.4 Å². The molecule has 0 aliphatic heterocycles. The normalized spacial score (nSPS) is 17.3. The average Bonchev–Trinajstić information content (AvgIpc) is 3.42. The summed E-state index contributed by atoms with van der Waals surface area (Å²) in [5, 5.41) is 2.58. The van der Waals surface area contributed by atoms with Gasteiger partial charge < -0.3 is 15.0 Å². The molecule has 12 heteroatoms. The van der Waals surface area contributed by atoms with Crippen LogP contribution in [0.1, 0.15) is 12.0 Å². The highest BCUT2D eigenvalue weighted by Gasteiger charge is 2.56. The first-order chi connectivity index (χ1) is 16.4. The van der Waals surface area contributed by atoms with Gasteiger partial charge in [0.15, 0.2) is 5.78 Å². The quantitative estimate of drug-likeness (QED) is 0.367. The van der Waals surface area contributed by atoms with E-state index in [2.05, 4.69) is 16.6 Å². The Bertz CT molecular complexity index is 1090. The molecule has 188 valence electrons. The fourth-order valence-corrected chi connectivity index (χ4v) is 4.30. The van der Waals surface area contributed by atoms with E-state index < -0.39 is 30.2 Å². The van der Waals surface area contributed by atoms with E-state index in [0.717, 1.165) is 17.7 Å². The summed E-state index contributed by atoms with van der Waals surface area (Å²) in [5.41, 5.74) is 0.841. The van der Waals surface area contributed by atoms with Gasteiger partial charge >= 0.3 is 12.4 Å². The van der Waals surface area contributed by atoms with Crippen molar-refractivity contribution in [1.29, 1.82) is 0 Å². The number of likely N-dealkylation sites (N-methyl/N-ethyl adjacent to an activating group) is 1. The minimum absolute atomic E-state index is 0.101. The number of carbonyl (C=O) groups excluding carboxylic acids is 2. The second kappa shape index (κ2) is 11.1. The van der Waals surface area contributed by atoms with Gasteiger partial charge in [-0.3, -0.25) is 9.69 Å². The summed E-state index contributed by atoms with van der Waals surface area (Å²) < 4.78 is 41.3. The molecule has 0 bridgehead atoms. The molecule has 2 aromatic carbocycles. The van der Waals surface area contributed by atoms with Gasteiger partial charge in [0.1, 0.15) is 11.8 Å². The number of anilines is 1. The van der Waals surface area contributed by atoms with E-state index >= 15 is 0 Å². The van der Waals surface area contributed by atoms with Crippen LogP contribution in [0.4, 0.5) is 23.7 Å². The summed E-state index contributed by atoms with van der Waals surface area (Å²) in [7, 11) is 1.77. The molecule has 0 aromatic heterocycles. The third-order valence-corrected chi connectivity index (χ3v) is 6.09. The largest absolute Gasteiger partial charge is 0.573 e. The number of rotatable bonds is 9. The van der Waals surface area contributed by atoms with Crippen LogP contribution >= 0.6 is 34.8 Å². The predicted octanol–water partition coefficient (Wildman–Crippen LogP) is 6.41. The van der Waals surface area contributed by atoms with Crippen molar-refractivity contribution in [3.05, 3.63) is 69.7 Å². The molecule has 6 nitrogen and oxygen atoms in total. The van der Waals surface area contributed by atoms with Gasteiger partial charge in [-0.05, 0) is 31.2 Å². The summed E-state index contributed by atoms with van der Waals surface area (Å²) in [6.45, 7) is 4.29. The number of hydrogen-bond donors (Lipinski definition) is 1. The van der Waals surface area contributed by atoms with Crippen molar-refractivity contribution in [3.63, 3.8) is 0 Å². The van der Waals surface area contributed by atoms with Gasteiger partial charge in [-0.1, -0.05) is 53.0 Å². The van der Waals surface area contributed by atoms with Crippen LogP contribution in [0.15, 0.2) is 49.1 Å². The molecule has 2 amide bonds. The Hall–Kier alpha value is -2.46. The number of alkyl halides is 3. The van der Waals surface area contributed by atoms with Crippen LogP contribution in [0.2, 0.25) is 15.1 Å². The Morgan fingerprint density at radius 3 is 2.29 bits per heavy atom. The number of carbonyl (C=O) groups is 2. The van der Waals surface area contributed by atoms with E-state index in [1.54, 1.807) is 25.3 Å². The van der Waals surface area contributed by atoms with Crippen molar-refractivity contribution in [3.8, 4) is 5.75 Å². The lowest BCUT2D eigenvalue weighted by atomic mass is 10.2. The van der Waals surface area contributed by atoms with Gasteiger partial charge in [-0.25, -0.2) is 4.79 Å². The van der Waals surface area contributed by atoms with E-state index in [9.17, 15) is 22.8 Å². The molecule has 0 spiro atoms. The molecule has 3 rings (SSSR count). The van der Waals surface area contributed by atoms with E-state index in [-0.39, 0.29) is 28.1 Å². The van der Waals surface area contributed by atoms with E-state index in [0.29, 0.717) is 18.0 Å². The van der Waals surface area contributed by atoms with Crippen molar-refractivity contribution < 1.29 is 27.5 Å². The molecule has 0 saturated heterocycles. The summed E-state index contributed by atoms with van der Waals surface area (Å²) in [6, 6.07) is 7.02. The zero-order valence-electron chi connectivity index (χ0n) is 18.4. The molecule has 1 N–H and O–H groups in total. The van der Waals surface area contributed by atoms with Crippen LogP contribution in [-0.2, 0) is 11.3 Å². The van der Waals surface area contributed by atoms with Crippen LogP contribution < -0.4 is 10.1 Å². The van der Waals surface area contributed by atoms with Crippen molar-refractivity contribution in [1.82, 2.24) is 9.80 Å². The maximum absolute atomic E-state index is 13.1. The monoisotopic (exact) mass is 549 g/mol. The Kier molecular flexibility index (Phi) is 8.58. The third-order valence-electron chi connectivity index (χ3n) is 5.24. The number of nitrogens with zero attached hydrogens (tertiary/aromatic N) is 2. The minimum Gasteiger partial charge on any atom is -0.406 e. The Balaban J connectivity index is 1.74. The first-order valence-electron chi connectivity index (χ1n) is 10.3. The Morgan fingerprint density at radius 2 is 1.74 bits per heavy atom. The summed E-state index contributed by atoms with van der Waals surface area (Å²) >= 11 is 18.0. The first kappa shape index (κ1) is 27.1. The number of ketones is 1. The standard InChI is InChI=1S/C23H21Cl3F3N3O3/c1-3-4-9-32(20-19(21(20)33)31(2)12-13-5-7-14(24)8-6-13)22(34)30-18-16(25)10-15(11-17(18)26)35-23(27,28)29/h3,5-8,10-11,19-20H,1,4,9,12H2,2H3,(H,30,34)/t19-,20-/m0/s1. The molecule has 2 atom stereocenters. The highest BCUT2D eigenvalue weighted by molar-refractivity contribution is 6.40. The van der Waals surface area contributed by atoms with Crippen LogP contribution in [0.25, 0.3) is 0 Å². The van der Waals surface area contributed by atoms with E-state index in [1.165, 1.54) is 4.90 Å². The van der Waals surface area contributed by atoms with Crippen LogP contribution in [-0.4, -0.2) is 53.7 Å². The highest BCUT2D eigenvalue weighted by atomic mass is 35.5. The molecule has 0 heterocycles. The number of halogens is 6. The summed E-state index contributed by atoms with van der Waals surface area (Å²) in [5.74, 6) is -0.776. The fraction of sp³-hybridized carbons (Fsp3) is 0.304. The second-order valence-electron chi connectivity index (χ2n) is 7.84. The molecule has 2 aromatic rings. The van der Waals surface area contributed by atoms with E-state index in [4.69, 9.17) is 34.8 Å². The van der Waals surface area contributed by atoms with Crippen LogP contribution in [0.5, 0.6) is 5.75 Å².